The van der Waals surface area contributed by atoms with Crippen LogP contribution in [-0.4, -0.2) is 35.8 Å². The highest BCUT2D eigenvalue weighted by molar-refractivity contribution is 5.13. The van der Waals surface area contributed by atoms with Crippen molar-refractivity contribution in [3.63, 3.8) is 0 Å². The average Bonchev–Trinajstić information content (AvgIpc) is 3.03. The number of aliphatic hydroxyl groups excluding tert-OH is 1. The average molecular weight is 375 g/mol. The number of aliphatic hydroxyl groups is 1. The Kier molecular flexibility index (Phi) is 8.79. The smallest absolute Gasteiger partial charge is 0.163 e. The maximum atomic E-state index is 10.2. The summed E-state index contributed by atoms with van der Waals surface area (Å²) in [5.41, 5.74) is 1.11. The van der Waals surface area contributed by atoms with Gasteiger partial charge in [-0.1, -0.05) is 37.3 Å². The first-order valence-corrected chi connectivity index (χ1v) is 9.98. The second kappa shape index (κ2) is 10.8. The molecule has 150 valence electrons. The van der Waals surface area contributed by atoms with Crippen LogP contribution in [0.4, 0.5) is 0 Å². The number of unbranched alkanes of at least 4 members (excludes halogenated alkanes) is 1. The molecule has 0 saturated carbocycles. The predicted molar refractivity (Wildman–Crippen MR) is 107 cm³/mol. The largest absolute Gasteiger partial charge is 0.389 e. The number of hydrogen-bond acceptors (Lipinski definition) is 4. The fourth-order valence-electron chi connectivity index (χ4n) is 3.04. The van der Waals surface area contributed by atoms with Crippen LogP contribution in [0.5, 0.6) is 0 Å². The van der Waals surface area contributed by atoms with Crippen LogP contribution in [0, 0.1) is 17.8 Å². The fraction of sp³-hybridized carbons (Fsp3) is 0.652. The van der Waals surface area contributed by atoms with Crippen molar-refractivity contribution in [2.24, 2.45) is 5.92 Å². The summed E-state index contributed by atoms with van der Waals surface area (Å²) in [6.07, 6.45) is 2.76. The first-order chi connectivity index (χ1) is 12.9. The van der Waals surface area contributed by atoms with Gasteiger partial charge in [0.05, 0.1) is 31.5 Å². The minimum atomic E-state index is -0.564. The summed E-state index contributed by atoms with van der Waals surface area (Å²) in [7, 11) is 0. The Bertz CT molecular complexity index is 602. The molecule has 4 heteroatoms. The van der Waals surface area contributed by atoms with Crippen LogP contribution in [-0.2, 0) is 20.8 Å². The van der Waals surface area contributed by atoms with Crippen LogP contribution < -0.4 is 0 Å². The van der Waals surface area contributed by atoms with Gasteiger partial charge in [-0.3, -0.25) is 0 Å². The zero-order valence-corrected chi connectivity index (χ0v) is 17.1. The van der Waals surface area contributed by atoms with Crippen molar-refractivity contribution in [1.29, 1.82) is 0 Å². The molecule has 4 nitrogen and oxygen atoms in total. The predicted octanol–water partition coefficient (Wildman–Crippen LogP) is 4.30. The molecule has 0 spiro atoms. The molecule has 0 bridgehead atoms. The van der Waals surface area contributed by atoms with E-state index in [9.17, 15) is 5.11 Å². The van der Waals surface area contributed by atoms with Gasteiger partial charge in [-0.2, -0.15) is 0 Å². The molecule has 1 fully saturated rings. The van der Waals surface area contributed by atoms with Crippen molar-refractivity contribution in [2.75, 3.05) is 6.61 Å². The summed E-state index contributed by atoms with van der Waals surface area (Å²) in [6.45, 7) is 9.20. The second-order valence-electron chi connectivity index (χ2n) is 7.86. The van der Waals surface area contributed by atoms with Crippen molar-refractivity contribution in [3.05, 3.63) is 35.9 Å². The zero-order chi connectivity index (χ0) is 19.7. The van der Waals surface area contributed by atoms with Crippen LogP contribution in [0.2, 0.25) is 0 Å². The molecule has 0 amide bonds. The first kappa shape index (κ1) is 21.9. The number of hydrogen-bond donors (Lipinski definition) is 1. The van der Waals surface area contributed by atoms with E-state index in [0.29, 0.717) is 25.6 Å². The van der Waals surface area contributed by atoms with Gasteiger partial charge in [0.25, 0.3) is 0 Å². The van der Waals surface area contributed by atoms with Crippen LogP contribution in [0.1, 0.15) is 58.9 Å². The van der Waals surface area contributed by atoms with Gasteiger partial charge >= 0.3 is 0 Å². The van der Waals surface area contributed by atoms with Gasteiger partial charge in [-0.15, -0.1) is 11.8 Å². The topological polar surface area (TPSA) is 47.9 Å². The highest BCUT2D eigenvalue weighted by atomic mass is 16.7. The minimum absolute atomic E-state index is 0.178. The Hall–Kier alpha value is -1.38. The molecule has 1 heterocycles. The third kappa shape index (κ3) is 8.02. The minimum Gasteiger partial charge on any atom is -0.389 e. The van der Waals surface area contributed by atoms with Gasteiger partial charge in [-0.25, -0.2) is 0 Å². The highest BCUT2D eigenvalue weighted by Gasteiger charge is 2.35. The summed E-state index contributed by atoms with van der Waals surface area (Å²) in [4.78, 5) is 0. The van der Waals surface area contributed by atoms with Crippen molar-refractivity contribution in [1.82, 2.24) is 0 Å². The quantitative estimate of drug-likeness (QED) is 0.517. The highest BCUT2D eigenvalue weighted by Crippen LogP contribution is 2.28. The summed E-state index contributed by atoms with van der Waals surface area (Å²) >= 11 is 0. The second-order valence-corrected chi connectivity index (χ2v) is 7.86. The molecule has 1 aliphatic rings. The van der Waals surface area contributed by atoms with Gasteiger partial charge in [0.2, 0.25) is 0 Å². The van der Waals surface area contributed by atoms with Crippen molar-refractivity contribution in [2.45, 2.75) is 84.1 Å². The molecule has 2 rings (SSSR count). The summed E-state index contributed by atoms with van der Waals surface area (Å²) < 4.78 is 17.3. The lowest BCUT2D eigenvalue weighted by atomic mass is 9.98. The van der Waals surface area contributed by atoms with E-state index in [1.807, 2.05) is 51.1 Å². The number of rotatable bonds is 9. The zero-order valence-electron chi connectivity index (χ0n) is 17.1. The Morgan fingerprint density at radius 2 is 1.96 bits per heavy atom. The Labute approximate surface area is 164 Å². The van der Waals surface area contributed by atoms with Crippen LogP contribution >= 0.6 is 0 Å². The van der Waals surface area contributed by atoms with E-state index in [1.54, 1.807) is 0 Å². The van der Waals surface area contributed by atoms with Crippen LogP contribution in [0.15, 0.2) is 30.3 Å². The summed E-state index contributed by atoms with van der Waals surface area (Å²) in [5.74, 6) is 6.27. The monoisotopic (exact) mass is 374 g/mol. The van der Waals surface area contributed by atoms with E-state index < -0.39 is 11.9 Å². The van der Waals surface area contributed by atoms with E-state index in [2.05, 4.69) is 18.8 Å². The third-order valence-electron chi connectivity index (χ3n) is 4.96. The molecule has 4 atom stereocenters. The first-order valence-electron chi connectivity index (χ1n) is 9.98. The van der Waals surface area contributed by atoms with Crippen molar-refractivity contribution >= 4 is 0 Å². The SMILES string of the molecule is C[C@H](OCc1ccccc1)[C@@H](O)CC#CCCC[C@H](C)[C@@H]1COC(C)(C)O1. The molecule has 0 aromatic heterocycles. The van der Waals surface area contributed by atoms with E-state index in [4.69, 9.17) is 14.2 Å². The van der Waals surface area contributed by atoms with Gasteiger partial charge in [0.1, 0.15) is 0 Å². The Balaban J connectivity index is 1.58. The van der Waals surface area contributed by atoms with Crippen molar-refractivity contribution < 1.29 is 19.3 Å². The fourth-order valence-corrected chi connectivity index (χ4v) is 3.04. The lowest BCUT2D eigenvalue weighted by Gasteiger charge is -2.20. The Morgan fingerprint density at radius 1 is 1.22 bits per heavy atom. The van der Waals surface area contributed by atoms with E-state index in [0.717, 1.165) is 24.8 Å². The van der Waals surface area contributed by atoms with Gasteiger partial charge in [0.15, 0.2) is 5.79 Å². The molecule has 1 saturated heterocycles. The summed E-state index contributed by atoms with van der Waals surface area (Å²) in [6, 6.07) is 9.98. The third-order valence-corrected chi connectivity index (χ3v) is 4.96. The number of benzene rings is 1. The normalized spacial score (nSPS) is 21.9. The molecule has 0 radical (unpaired) electrons. The van der Waals surface area contributed by atoms with E-state index in [1.165, 1.54) is 0 Å². The van der Waals surface area contributed by atoms with E-state index >= 15 is 0 Å². The van der Waals surface area contributed by atoms with Gasteiger partial charge < -0.3 is 19.3 Å². The van der Waals surface area contributed by atoms with Crippen molar-refractivity contribution in [3.8, 4) is 11.8 Å². The van der Waals surface area contributed by atoms with Gasteiger partial charge in [0, 0.05) is 12.8 Å². The molecular formula is C23H34O4. The lowest BCUT2D eigenvalue weighted by Crippen LogP contribution is -2.25. The van der Waals surface area contributed by atoms with Crippen LogP contribution in [0.3, 0.4) is 0 Å². The van der Waals surface area contributed by atoms with Crippen LogP contribution in [0.25, 0.3) is 0 Å². The molecule has 1 aromatic carbocycles. The molecule has 0 aliphatic carbocycles. The molecular weight excluding hydrogens is 340 g/mol. The molecule has 1 N–H and O–H groups in total. The van der Waals surface area contributed by atoms with Gasteiger partial charge in [-0.05, 0) is 45.1 Å². The maximum absolute atomic E-state index is 10.2. The standard InChI is InChI=1S/C23H34O4/c1-18(22-17-26-23(3,4)27-22)12-8-5-6-11-15-21(24)19(2)25-16-20-13-9-7-10-14-20/h7,9-10,13-14,18-19,21-22,24H,5,8,12,15-17H2,1-4H3/t18-,19-,21-,22-/m0/s1. The lowest BCUT2D eigenvalue weighted by molar-refractivity contribution is -0.144. The molecule has 27 heavy (non-hydrogen) atoms. The van der Waals surface area contributed by atoms with E-state index in [-0.39, 0.29) is 12.2 Å². The number of ether oxygens (including phenoxy) is 3. The molecule has 1 aromatic rings. The maximum Gasteiger partial charge on any atom is 0.163 e. The summed E-state index contributed by atoms with van der Waals surface area (Å²) in [5, 5.41) is 10.2. The Morgan fingerprint density at radius 3 is 2.63 bits per heavy atom. The molecule has 0 unspecified atom stereocenters. The molecule has 1 aliphatic heterocycles.